The number of aromatic nitrogens is 1. The molecule has 2 heterocycles. The maximum atomic E-state index is 13.9. The Morgan fingerprint density at radius 3 is 2.33 bits per heavy atom. The third-order valence-electron chi connectivity index (χ3n) is 5.83. The molecule has 3 aromatic carbocycles. The lowest BCUT2D eigenvalue weighted by Gasteiger charge is -2.36. The number of amides is 1. The topological polar surface area (TPSA) is 62.0 Å². The van der Waals surface area contributed by atoms with Gasteiger partial charge in [0.2, 0.25) is 5.91 Å². The predicted molar refractivity (Wildman–Crippen MR) is 137 cm³/mol. The van der Waals surface area contributed by atoms with Crippen LogP contribution in [0, 0.1) is 12.8 Å². The summed E-state index contributed by atoms with van der Waals surface area (Å²) in [6.45, 7) is 2.01. The molecule has 0 radical (unpaired) electrons. The second-order valence-corrected chi connectivity index (χ2v) is 10.7. The number of hydrogen-bond donors (Lipinski definition) is 2. The van der Waals surface area contributed by atoms with E-state index < -0.39 is 5.92 Å². The number of thiazole rings is 1. The number of fused-ring (bicyclic) bond motifs is 1. The second-order valence-electron chi connectivity index (χ2n) is 8.07. The number of anilines is 1. The Morgan fingerprint density at radius 2 is 1.64 bits per heavy atom. The lowest BCUT2D eigenvalue weighted by Crippen LogP contribution is -2.34. The normalized spacial score (nSPS) is 19.6. The van der Waals surface area contributed by atoms with Crippen LogP contribution in [0.5, 0.6) is 0 Å². The molecule has 3 atom stereocenters. The lowest BCUT2D eigenvalue weighted by molar-refractivity contribution is -0.120. The lowest BCUT2D eigenvalue weighted by atomic mass is 9.79. The Balaban J connectivity index is 1.64. The fourth-order valence-electron chi connectivity index (χ4n) is 4.25. The van der Waals surface area contributed by atoms with Crippen LogP contribution in [0.2, 0.25) is 5.02 Å². The third-order valence-corrected chi connectivity index (χ3v) is 8.56. The van der Waals surface area contributed by atoms with Crippen molar-refractivity contribution >= 4 is 46.3 Å². The minimum atomic E-state index is -0.432. The maximum absolute atomic E-state index is 13.9. The van der Waals surface area contributed by atoms with Crippen LogP contribution in [0.1, 0.15) is 32.7 Å². The summed E-state index contributed by atoms with van der Waals surface area (Å²) in [7, 11) is 0. The van der Waals surface area contributed by atoms with E-state index in [2.05, 4.69) is 10.3 Å². The highest BCUT2D eigenvalue weighted by Crippen LogP contribution is 2.55. The average molecular weight is 493 g/mol. The molecule has 0 saturated carbocycles. The van der Waals surface area contributed by atoms with Gasteiger partial charge in [0.1, 0.15) is 0 Å². The van der Waals surface area contributed by atoms with E-state index in [9.17, 15) is 9.59 Å². The first-order valence-electron chi connectivity index (χ1n) is 10.6. The highest BCUT2D eigenvalue weighted by atomic mass is 35.5. The number of carbonyl (C=O) groups excluding carboxylic acids is 1. The summed E-state index contributed by atoms with van der Waals surface area (Å²) in [6, 6.07) is 25.4. The molecule has 2 N–H and O–H groups in total. The number of nitrogens with one attached hydrogen (secondary N) is 2. The van der Waals surface area contributed by atoms with Crippen molar-refractivity contribution in [3.63, 3.8) is 0 Å². The second kappa shape index (κ2) is 9.21. The number of hydrogen-bond acceptors (Lipinski definition) is 4. The Bertz CT molecular complexity index is 1330. The van der Waals surface area contributed by atoms with Crippen LogP contribution in [0.15, 0.2) is 88.7 Å². The van der Waals surface area contributed by atoms with Gasteiger partial charge in [0.25, 0.3) is 0 Å². The van der Waals surface area contributed by atoms with Crippen molar-refractivity contribution in [3.8, 4) is 0 Å². The van der Waals surface area contributed by atoms with Gasteiger partial charge in [-0.3, -0.25) is 9.59 Å². The molecular weight excluding hydrogens is 472 g/mol. The molecule has 5 rings (SSSR count). The first-order valence-corrected chi connectivity index (χ1v) is 12.6. The molecule has 1 amide bonds. The van der Waals surface area contributed by atoms with E-state index in [1.165, 1.54) is 11.3 Å². The zero-order chi connectivity index (χ0) is 22.9. The molecule has 0 unspecified atom stereocenters. The van der Waals surface area contributed by atoms with Gasteiger partial charge in [-0.25, -0.2) is 0 Å². The van der Waals surface area contributed by atoms with E-state index in [0.717, 1.165) is 32.3 Å². The molecule has 0 bridgehead atoms. The molecule has 4 nitrogen and oxygen atoms in total. The van der Waals surface area contributed by atoms with Gasteiger partial charge in [-0.15, -0.1) is 0 Å². The Hall–Kier alpha value is -2.80. The zero-order valence-electron chi connectivity index (χ0n) is 17.7. The molecule has 0 fully saturated rings. The number of aryl methyl sites for hydroxylation is 1. The van der Waals surface area contributed by atoms with E-state index in [1.54, 1.807) is 11.8 Å². The van der Waals surface area contributed by atoms with Crippen LogP contribution in [0.25, 0.3) is 0 Å². The number of carbonyl (C=O) groups is 1. The molecule has 7 heteroatoms. The van der Waals surface area contributed by atoms with Crippen molar-refractivity contribution in [3.05, 3.63) is 115 Å². The molecule has 1 aliphatic rings. The molecule has 1 aliphatic heterocycles. The van der Waals surface area contributed by atoms with E-state index in [0.29, 0.717) is 5.02 Å². The first-order chi connectivity index (χ1) is 16.0. The van der Waals surface area contributed by atoms with E-state index in [-0.39, 0.29) is 21.9 Å². The smallest absolute Gasteiger partial charge is 0.305 e. The molecule has 166 valence electrons. The third kappa shape index (κ3) is 4.51. The van der Waals surface area contributed by atoms with E-state index in [4.69, 9.17) is 11.6 Å². The minimum absolute atomic E-state index is 0.0772. The van der Waals surface area contributed by atoms with Crippen molar-refractivity contribution in [2.24, 2.45) is 5.92 Å². The standard InChI is InChI=1S/C26H21ClN2O2S2/c1-15-7-13-19(14-8-15)28-24(30)21-20(16-9-11-18(27)12-10-16)23-25(29-26(31)33-23)32-22(21)17-5-3-2-4-6-17/h2-14,20-22H,1H3,(H,28,30)(H,29,31)/t20-,21-,22+/m1/s1. The largest absolute Gasteiger partial charge is 0.326 e. The van der Waals surface area contributed by atoms with E-state index >= 15 is 0 Å². The van der Waals surface area contributed by atoms with Crippen LogP contribution < -0.4 is 10.2 Å². The summed E-state index contributed by atoms with van der Waals surface area (Å²) in [6.07, 6.45) is 0. The number of benzene rings is 3. The van der Waals surface area contributed by atoms with Crippen LogP contribution >= 0.6 is 34.7 Å². The van der Waals surface area contributed by atoms with Gasteiger partial charge in [-0.1, -0.05) is 94.9 Å². The Labute approximate surface area is 205 Å². The summed E-state index contributed by atoms with van der Waals surface area (Å²) in [5.74, 6) is -0.788. The van der Waals surface area contributed by atoms with E-state index in [1.807, 2.05) is 85.8 Å². The molecule has 0 saturated heterocycles. The minimum Gasteiger partial charge on any atom is -0.326 e. The number of thioether (sulfide) groups is 1. The van der Waals surface area contributed by atoms with Crippen molar-refractivity contribution in [2.45, 2.75) is 23.1 Å². The SMILES string of the molecule is Cc1ccc(NC(=O)[C@@H]2[C@@H](c3ccc(Cl)cc3)c3sc(=O)[nH]c3S[C@H]2c2ccccc2)cc1. The molecule has 4 aromatic rings. The number of rotatable bonds is 4. The van der Waals surface area contributed by atoms with Gasteiger partial charge in [0.15, 0.2) is 0 Å². The Morgan fingerprint density at radius 1 is 0.939 bits per heavy atom. The van der Waals surface area contributed by atoms with Gasteiger partial charge < -0.3 is 10.3 Å². The molecule has 0 spiro atoms. The summed E-state index contributed by atoms with van der Waals surface area (Å²) in [5, 5.41) is 4.42. The van der Waals surface area contributed by atoms with Crippen LogP contribution in [-0.2, 0) is 4.79 Å². The average Bonchev–Trinajstić information content (AvgIpc) is 3.20. The summed E-state index contributed by atoms with van der Waals surface area (Å²) in [5.41, 5.74) is 3.89. The van der Waals surface area contributed by atoms with Gasteiger partial charge in [0.05, 0.1) is 10.9 Å². The fraction of sp³-hybridized carbons (Fsp3) is 0.154. The highest BCUT2D eigenvalue weighted by Gasteiger charge is 2.45. The fourth-order valence-corrected chi connectivity index (χ4v) is 6.99. The van der Waals surface area contributed by atoms with Crippen LogP contribution in [0.4, 0.5) is 5.69 Å². The van der Waals surface area contributed by atoms with Crippen molar-refractivity contribution in [2.75, 3.05) is 5.32 Å². The first kappa shape index (κ1) is 22.0. The summed E-state index contributed by atoms with van der Waals surface area (Å²) >= 11 is 8.89. The summed E-state index contributed by atoms with van der Waals surface area (Å²) < 4.78 is 0. The zero-order valence-corrected chi connectivity index (χ0v) is 20.1. The van der Waals surface area contributed by atoms with Crippen molar-refractivity contribution in [1.29, 1.82) is 0 Å². The van der Waals surface area contributed by atoms with Crippen LogP contribution in [0.3, 0.4) is 0 Å². The van der Waals surface area contributed by atoms with Gasteiger partial charge in [0, 0.05) is 26.8 Å². The van der Waals surface area contributed by atoms with Gasteiger partial charge in [-0.2, -0.15) is 0 Å². The molecule has 1 aromatic heterocycles. The predicted octanol–water partition coefficient (Wildman–Crippen LogP) is 6.63. The maximum Gasteiger partial charge on any atom is 0.305 e. The Kier molecular flexibility index (Phi) is 6.15. The molecular formula is C26H21ClN2O2S2. The summed E-state index contributed by atoms with van der Waals surface area (Å²) in [4.78, 5) is 30.0. The monoisotopic (exact) mass is 492 g/mol. The highest BCUT2D eigenvalue weighted by molar-refractivity contribution is 7.99. The quantitative estimate of drug-likeness (QED) is 0.336. The van der Waals surface area contributed by atoms with Gasteiger partial charge >= 0.3 is 4.87 Å². The number of aromatic amines is 1. The van der Waals surface area contributed by atoms with Crippen molar-refractivity contribution < 1.29 is 4.79 Å². The van der Waals surface area contributed by atoms with Crippen LogP contribution in [-0.4, -0.2) is 10.9 Å². The van der Waals surface area contributed by atoms with Crippen molar-refractivity contribution in [1.82, 2.24) is 4.98 Å². The molecule has 33 heavy (non-hydrogen) atoms. The number of halogens is 1. The van der Waals surface area contributed by atoms with Gasteiger partial charge in [-0.05, 0) is 42.3 Å². The molecule has 0 aliphatic carbocycles. The number of H-pyrrole nitrogens is 1.